The van der Waals surface area contributed by atoms with Crippen LogP contribution in [-0.4, -0.2) is 35.0 Å². The van der Waals surface area contributed by atoms with Crippen LogP contribution in [0.1, 0.15) is 69.6 Å². The first-order valence-electron chi connectivity index (χ1n) is 12.3. The third-order valence-corrected chi connectivity index (χ3v) is 8.19. The number of nitrogens with zero attached hydrogens (tertiary/aromatic N) is 4. The van der Waals surface area contributed by atoms with Gasteiger partial charge in [-0.2, -0.15) is 5.10 Å². The highest BCUT2D eigenvalue weighted by molar-refractivity contribution is 5.98. The third kappa shape index (κ3) is 4.11. The Labute approximate surface area is 199 Å². The van der Waals surface area contributed by atoms with Gasteiger partial charge in [0.2, 0.25) is 0 Å². The summed E-state index contributed by atoms with van der Waals surface area (Å²) in [6.07, 6.45) is 13.0. The first-order chi connectivity index (χ1) is 15.6. The average Bonchev–Trinajstić information content (AvgIpc) is 2.98. The fourth-order valence-corrected chi connectivity index (χ4v) is 6.09. The van der Waals surface area contributed by atoms with Gasteiger partial charge in [-0.25, -0.2) is 0 Å². The number of aryl methyl sites for hydroxylation is 3. The van der Waals surface area contributed by atoms with Crippen LogP contribution in [-0.2, 0) is 4.74 Å². The van der Waals surface area contributed by atoms with E-state index in [0.29, 0.717) is 0 Å². The van der Waals surface area contributed by atoms with Crippen LogP contribution in [0.25, 0.3) is 10.8 Å². The van der Waals surface area contributed by atoms with Gasteiger partial charge in [0, 0.05) is 35.2 Å². The minimum Gasteiger partial charge on any atom is -0.497 e. The Hall–Kier alpha value is -2.56. The van der Waals surface area contributed by atoms with Crippen molar-refractivity contribution >= 4 is 16.6 Å². The third-order valence-electron chi connectivity index (χ3n) is 8.19. The lowest BCUT2D eigenvalue weighted by Gasteiger charge is -2.35. The molecule has 4 rings (SSSR count). The smallest absolute Gasteiger partial charge is 0.161 e. The molecular formula is C28H40N4O. The van der Waals surface area contributed by atoms with E-state index in [1.807, 2.05) is 0 Å². The Morgan fingerprint density at radius 3 is 2.52 bits per heavy atom. The molecule has 1 aliphatic heterocycles. The summed E-state index contributed by atoms with van der Waals surface area (Å²) in [6, 6.07) is 0.276. The van der Waals surface area contributed by atoms with Crippen molar-refractivity contribution in [2.75, 3.05) is 25.1 Å². The molecule has 2 aromatic heterocycles. The molecule has 33 heavy (non-hydrogen) atoms. The van der Waals surface area contributed by atoms with Gasteiger partial charge in [0.05, 0.1) is 18.8 Å². The number of allylic oxidation sites excluding steroid dienone is 4. The summed E-state index contributed by atoms with van der Waals surface area (Å²) in [5.74, 6) is 1.98. The quantitative estimate of drug-likeness (QED) is 0.484. The SMILES string of the molecule is C=CC1(C)CCN(c2nnc(C)c3c(C)n(C4C=CC(OC)=CC4)c(C)c23)C[C@](C)(CC)C1. The largest absolute Gasteiger partial charge is 0.497 e. The number of aromatic nitrogens is 3. The molecule has 0 aromatic carbocycles. The molecule has 3 heterocycles. The molecule has 0 amide bonds. The molecule has 5 heteroatoms. The highest BCUT2D eigenvalue weighted by Gasteiger charge is 2.38. The molecule has 0 bridgehead atoms. The number of anilines is 1. The Kier molecular flexibility index (Phi) is 6.19. The summed E-state index contributed by atoms with van der Waals surface area (Å²) in [4.78, 5) is 2.50. The lowest BCUT2D eigenvalue weighted by Crippen LogP contribution is -2.35. The molecule has 1 fully saturated rings. The maximum atomic E-state index is 5.41. The van der Waals surface area contributed by atoms with Crippen LogP contribution in [0.3, 0.4) is 0 Å². The molecule has 0 radical (unpaired) electrons. The minimum atomic E-state index is 0.145. The minimum absolute atomic E-state index is 0.145. The summed E-state index contributed by atoms with van der Waals surface area (Å²) in [5, 5.41) is 12.0. The van der Waals surface area contributed by atoms with Crippen molar-refractivity contribution in [3.63, 3.8) is 0 Å². The normalized spacial score (nSPS) is 28.0. The molecule has 3 atom stereocenters. The second-order valence-corrected chi connectivity index (χ2v) is 10.7. The lowest BCUT2D eigenvalue weighted by atomic mass is 9.71. The first kappa shape index (κ1) is 23.6. The molecule has 0 spiro atoms. The van der Waals surface area contributed by atoms with E-state index in [1.165, 1.54) is 22.2 Å². The molecule has 2 aliphatic rings. The van der Waals surface area contributed by atoms with Gasteiger partial charge in [-0.05, 0) is 69.4 Å². The van der Waals surface area contributed by atoms with Crippen LogP contribution in [0.5, 0.6) is 0 Å². The monoisotopic (exact) mass is 448 g/mol. The van der Waals surface area contributed by atoms with E-state index in [0.717, 1.165) is 56.0 Å². The highest BCUT2D eigenvalue weighted by atomic mass is 16.5. The molecule has 0 N–H and O–H groups in total. The van der Waals surface area contributed by atoms with Crippen LogP contribution in [0.4, 0.5) is 5.82 Å². The van der Waals surface area contributed by atoms with Gasteiger partial charge < -0.3 is 14.2 Å². The van der Waals surface area contributed by atoms with Crippen LogP contribution >= 0.6 is 0 Å². The number of ether oxygens (including phenoxy) is 1. The molecule has 5 nitrogen and oxygen atoms in total. The lowest BCUT2D eigenvalue weighted by molar-refractivity contribution is 0.214. The van der Waals surface area contributed by atoms with Gasteiger partial charge in [0.15, 0.2) is 5.82 Å². The Bertz CT molecular complexity index is 1130. The molecule has 0 saturated carbocycles. The predicted molar refractivity (Wildman–Crippen MR) is 138 cm³/mol. The van der Waals surface area contributed by atoms with Gasteiger partial charge in [-0.3, -0.25) is 0 Å². The van der Waals surface area contributed by atoms with Gasteiger partial charge in [0.25, 0.3) is 0 Å². The standard InChI is InChI=1S/C28H40N4O/c1-9-27(6)15-16-31(18-28(7,10-2)17-27)26-25-21(5)32(20(4)24(25)19(3)29-30-26)22-11-13-23(33-8)14-12-22/h9,11,13-14,22H,1,10,12,15-18H2,2-8H3/t22?,27?,28-/m1/s1. The molecule has 2 aromatic rings. The van der Waals surface area contributed by atoms with Gasteiger partial charge in [-0.15, -0.1) is 11.7 Å². The van der Waals surface area contributed by atoms with Crippen molar-refractivity contribution in [2.24, 2.45) is 10.8 Å². The first-order valence-corrected chi connectivity index (χ1v) is 12.3. The number of methoxy groups -OCH3 is 1. The van der Waals surface area contributed by atoms with Crippen molar-refractivity contribution in [1.82, 2.24) is 14.8 Å². The van der Waals surface area contributed by atoms with E-state index in [2.05, 4.69) is 87.0 Å². The summed E-state index contributed by atoms with van der Waals surface area (Å²) in [6.45, 7) is 19.8. The molecule has 1 saturated heterocycles. The summed E-state index contributed by atoms with van der Waals surface area (Å²) in [5.41, 5.74) is 3.89. The predicted octanol–water partition coefficient (Wildman–Crippen LogP) is 6.60. The van der Waals surface area contributed by atoms with Crippen molar-refractivity contribution < 1.29 is 4.74 Å². The molecule has 1 aliphatic carbocycles. The summed E-state index contributed by atoms with van der Waals surface area (Å²) < 4.78 is 7.88. The maximum Gasteiger partial charge on any atom is 0.161 e. The van der Waals surface area contributed by atoms with Crippen molar-refractivity contribution in [3.05, 3.63) is 53.7 Å². The van der Waals surface area contributed by atoms with Gasteiger partial charge >= 0.3 is 0 Å². The number of hydrogen-bond acceptors (Lipinski definition) is 4. The molecule has 2 unspecified atom stereocenters. The van der Waals surface area contributed by atoms with E-state index in [4.69, 9.17) is 9.84 Å². The van der Waals surface area contributed by atoms with E-state index in [9.17, 15) is 0 Å². The molecule has 178 valence electrons. The number of hydrogen-bond donors (Lipinski definition) is 0. The summed E-state index contributed by atoms with van der Waals surface area (Å²) >= 11 is 0. The van der Waals surface area contributed by atoms with Crippen LogP contribution in [0.2, 0.25) is 0 Å². The summed E-state index contributed by atoms with van der Waals surface area (Å²) in [7, 11) is 1.73. The topological polar surface area (TPSA) is 43.2 Å². The van der Waals surface area contributed by atoms with Crippen LogP contribution in [0, 0.1) is 31.6 Å². The zero-order valence-corrected chi connectivity index (χ0v) is 21.5. The van der Waals surface area contributed by atoms with Gasteiger partial charge in [-0.1, -0.05) is 32.9 Å². The maximum absolute atomic E-state index is 5.41. The van der Waals surface area contributed by atoms with E-state index >= 15 is 0 Å². The van der Waals surface area contributed by atoms with E-state index < -0.39 is 0 Å². The van der Waals surface area contributed by atoms with Crippen molar-refractivity contribution in [3.8, 4) is 0 Å². The second kappa shape index (κ2) is 8.66. The van der Waals surface area contributed by atoms with Crippen molar-refractivity contribution in [2.45, 2.75) is 73.3 Å². The Morgan fingerprint density at radius 2 is 1.91 bits per heavy atom. The highest BCUT2D eigenvalue weighted by Crippen LogP contribution is 2.45. The zero-order chi connectivity index (χ0) is 24.0. The van der Waals surface area contributed by atoms with Crippen LogP contribution in [0.15, 0.2) is 36.6 Å². The van der Waals surface area contributed by atoms with Gasteiger partial charge in [0.1, 0.15) is 5.76 Å². The number of rotatable bonds is 5. The van der Waals surface area contributed by atoms with E-state index in [1.54, 1.807) is 7.11 Å². The Balaban J connectivity index is 1.83. The zero-order valence-electron chi connectivity index (χ0n) is 21.5. The fraction of sp³-hybridized carbons (Fsp3) is 0.571. The van der Waals surface area contributed by atoms with Crippen LogP contribution < -0.4 is 4.90 Å². The number of fused-ring (bicyclic) bond motifs is 1. The van der Waals surface area contributed by atoms with Crippen molar-refractivity contribution in [1.29, 1.82) is 0 Å². The average molecular weight is 449 g/mol. The molecular weight excluding hydrogens is 408 g/mol. The second-order valence-electron chi connectivity index (χ2n) is 10.7. The Morgan fingerprint density at radius 1 is 1.18 bits per heavy atom. The van der Waals surface area contributed by atoms with E-state index in [-0.39, 0.29) is 16.9 Å². The fourth-order valence-electron chi connectivity index (χ4n) is 6.09.